The number of anilines is 2. The molecule has 0 radical (unpaired) electrons. The van der Waals surface area contributed by atoms with Crippen LogP contribution >= 0.6 is 34.4 Å². The molecule has 0 unspecified atom stereocenters. The number of hydrogen-bond donors (Lipinski definition) is 0. The van der Waals surface area contributed by atoms with Crippen molar-refractivity contribution >= 4 is 51.2 Å². The van der Waals surface area contributed by atoms with Gasteiger partial charge in [0.1, 0.15) is 4.88 Å². The van der Waals surface area contributed by atoms with E-state index in [1.54, 1.807) is 11.8 Å². The van der Waals surface area contributed by atoms with Crippen molar-refractivity contribution in [3.8, 4) is 10.8 Å². The molecule has 0 saturated carbocycles. The third-order valence-electron chi connectivity index (χ3n) is 4.49. The lowest BCUT2D eigenvalue weighted by molar-refractivity contribution is -0.115. The molecule has 160 valence electrons. The van der Waals surface area contributed by atoms with Gasteiger partial charge in [0, 0.05) is 18.1 Å². The molecule has 0 aliphatic carbocycles. The fourth-order valence-electron chi connectivity index (χ4n) is 3.15. The second-order valence-electron chi connectivity index (χ2n) is 7.08. The largest absolute Gasteiger partial charge is 0.410 e. The van der Waals surface area contributed by atoms with Crippen molar-refractivity contribution in [3.63, 3.8) is 0 Å². The molecule has 7 nitrogen and oxygen atoms in total. The molecule has 4 rings (SSSR count). The molecule has 0 spiro atoms. The molecule has 10 heteroatoms. The van der Waals surface area contributed by atoms with E-state index in [0.717, 1.165) is 38.1 Å². The highest BCUT2D eigenvalue weighted by atomic mass is 32.2. The number of aromatic nitrogens is 4. The first-order valence-corrected chi connectivity index (χ1v) is 12.2. The molecule has 3 heterocycles. The Morgan fingerprint density at radius 1 is 1.16 bits per heavy atom. The lowest BCUT2D eigenvalue weighted by Gasteiger charge is -2.20. The first kappa shape index (κ1) is 21.7. The molecule has 0 atom stereocenters. The molecular weight excluding hydrogens is 450 g/mol. The maximum absolute atomic E-state index is 12.4. The van der Waals surface area contributed by atoms with Gasteiger partial charge in [-0.2, -0.15) is 0 Å². The van der Waals surface area contributed by atoms with Crippen LogP contribution in [0.3, 0.4) is 0 Å². The number of thiazole rings is 2. The summed E-state index contributed by atoms with van der Waals surface area (Å²) in [7, 11) is 0. The van der Waals surface area contributed by atoms with Gasteiger partial charge in [-0.15, -0.1) is 32.9 Å². The van der Waals surface area contributed by atoms with E-state index in [0.29, 0.717) is 22.0 Å². The van der Waals surface area contributed by atoms with Crippen LogP contribution in [-0.4, -0.2) is 26.1 Å². The molecular formula is C21H21N5O2S3. The van der Waals surface area contributed by atoms with E-state index < -0.39 is 0 Å². The lowest BCUT2D eigenvalue weighted by Crippen LogP contribution is -2.23. The molecule has 0 aliphatic heterocycles. The molecule has 0 saturated heterocycles. The molecule has 3 aromatic heterocycles. The van der Waals surface area contributed by atoms with E-state index in [2.05, 4.69) is 26.2 Å². The molecule has 1 amide bonds. The normalized spacial score (nSPS) is 11.1. The second-order valence-corrected chi connectivity index (χ2v) is 10.0. The van der Waals surface area contributed by atoms with Gasteiger partial charge in [-0.05, 0) is 39.3 Å². The van der Waals surface area contributed by atoms with Crippen molar-refractivity contribution in [2.45, 2.75) is 45.6 Å². The van der Waals surface area contributed by atoms with E-state index >= 15 is 0 Å². The van der Waals surface area contributed by atoms with Gasteiger partial charge in [-0.1, -0.05) is 29.5 Å². The fraction of sp³-hybridized carbons (Fsp3) is 0.286. The van der Waals surface area contributed by atoms with Crippen molar-refractivity contribution in [1.29, 1.82) is 0 Å². The fourth-order valence-corrected chi connectivity index (χ4v) is 5.64. The molecule has 0 N–H and O–H groups in total. The van der Waals surface area contributed by atoms with Gasteiger partial charge in [0.25, 0.3) is 11.1 Å². The van der Waals surface area contributed by atoms with Crippen LogP contribution in [0.1, 0.15) is 34.4 Å². The summed E-state index contributed by atoms with van der Waals surface area (Å²) < 4.78 is 5.80. The third kappa shape index (κ3) is 4.70. The minimum atomic E-state index is -0.0720. The quantitative estimate of drug-likeness (QED) is 0.326. The van der Waals surface area contributed by atoms with E-state index in [1.807, 2.05) is 45.2 Å². The summed E-state index contributed by atoms with van der Waals surface area (Å²) in [5, 5.41) is 12.3. The summed E-state index contributed by atoms with van der Waals surface area (Å²) in [6, 6.07) is 6.03. The Hall–Kier alpha value is -2.56. The van der Waals surface area contributed by atoms with Crippen LogP contribution in [-0.2, 0) is 10.5 Å². The third-order valence-corrected chi connectivity index (χ3v) is 7.27. The minimum absolute atomic E-state index is 0.0720. The molecule has 0 aliphatic rings. The zero-order valence-corrected chi connectivity index (χ0v) is 20.2. The number of carbonyl (C=O) groups is 1. The van der Waals surface area contributed by atoms with Crippen LogP contribution in [0, 0.1) is 27.7 Å². The number of hydrogen-bond acceptors (Lipinski definition) is 9. The SMILES string of the molecule is CC(=O)N(c1nc(CSc2nnc(-c3sc(C)nc3C)o2)cs1)c1ccc(C)cc1C. The van der Waals surface area contributed by atoms with Gasteiger partial charge in [-0.3, -0.25) is 9.69 Å². The van der Waals surface area contributed by atoms with E-state index in [9.17, 15) is 4.79 Å². The first-order chi connectivity index (χ1) is 14.8. The van der Waals surface area contributed by atoms with Crippen LogP contribution in [0.15, 0.2) is 33.2 Å². The number of thioether (sulfide) groups is 1. The zero-order valence-electron chi connectivity index (χ0n) is 17.8. The Morgan fingerprint density at radius 2 is 1.97 bits per heavy atom. The van der Waals surface area contributed by atoms with Crippen LogP contribution in [0.25, 0.3) is 10.8 Å². The van der Waals surface area contributed by atoms with Gasteiger partial charge in [-0.25, -0.2) is 9.97 Å². The number of amides is 1. The summed E-state index contributed by atoms with van der Waals surface area (Å²) in [5.74, 6) is 0.983. The monoisotopic (exact) mass is 471 g/mol. The Kier molecular flexibility index (Phi) is 6.22. The van der Waals surface area contributed by atoms with E-state index in [-0.39, 0.29) is 5.91 Å². The standard InChI is InChI=1S/C21H21N5O2S3/c1-11-6-7-17(12(2)8-11)26(15(5)27)20-23-16(9-29-20)10-30-21-25-24-19(28-21)18-13(3)22-14(4)31-18/h6-9H,10H2,1-5H3. The van der Waals surface area contributed by atoms with Crippen molar-refractivity contribution in [3.05, 3.63) is 51.1 Å². The average molecular weight is 472 g/mol. The minimum Gasteiger partial charge on any atom is -0.410 e. The summed E-state index contributed by atoms with van der Waals surface area (Å²) in [4.78, 5) is 24.0. The maximum Gasteiger partial charge on any atom is 0.277 e. The smallest absolute Gasteiger partial charge is 0.277 e. The highest BCUT2D eigenvalue weighted by Gasteiger charge is 2.20. The molecule has 0 fully saturated rings. The van der Waals surface area contributed by atoms with Crippen LogP contribution in [0.2, 0.25) is 0 Å². The number of nitrogens with zero attached hydrogens (tertiary/aromatic N) is 5. The summed E-state index contributed by atoms with van der Waals surface area (Å²) in [6.45, 7) is 9.48. The highest BCUT2D eigenvalue weighted by molar-refractivity contribution is 7.98. The van der Waals surface area contributed by atoms with Gasteiger partial charge in [0.2, 0.25) is 5.91 Å². The number of benzene rings is 1. The second kappa shape index (κ2) is 8.89. The maximum atomic E-state index is 12.4. The first-order valence-electron chi connectivity index (χ1n) is 9.55. The number of carbonyl (C=O) groups excluding carboxylic acids is 1. The number of rotatable bonds is 6. The van der Waals surface area contributed by atoms with Crippen LogP contribution in [0.4, 0.5) is 10.8 Å². The van der Waals surface area contributed by atoms with Gasteiger partial charge in [0.15, 0.2) is 5.13 Å². The predicted octanol–water partition coefficient (Wildman–Crippen LogP) is 5.86. The Morgan fingerprint density at radius 3 is 2.65 bits per heavy atom. The van der Waals surface area contributed by atoms with Gasteiger partial charge in [0.05, 0.1) is 22.1 Å². The Balaban J connectivity index is 1.49. The highest BCUT2D eigenvalue weighted by Crippen LogP contribution is 2.34. The Labute approximate surface area is 192 Å². The van der Waals surface area contributed by atoms with Gasteiger partial charge >= 0.3 is 0 Å². The van der Waals surface area contributed by atoms with Crippen LogP contribution in [0.5, 0.6) is 0 Å². The van der Waals surface area contributed by atoms with Crippen LogP contribution < -0.4 is 4.90 Å². The summed E-state index contributed by atoms with van der Waals surface area (Å²) >= 11 is 4.40. The van der Waals surface area contributed by atoms with E-state index in [4.69, 9.17) is 4.42 Å². The topological polar surface area (TPSA) is 85.0 Å². The summed E-state index contributed by atoms with van der Waals surface area (Å²) in [5.41, 5.74) is 4.79. The van der Waals surface area contributed by atoms with Crippen molar-refractivity contribution < 1.29 is 9.21 Å². The van der Waals surface area contributed by atoms with Crippen molar-refractivity contribution in [2.75, 3.05) is 4.90 Å². The van der Waals surface area contributed by atoms with Crippen molar-refractivity contribution in [2.24, 2.45) is 0 Å². The molecule has 4 aromatic rings. The predicted molar refractivity (Wildman–Crippen MR) is 125 cm³/mol. The summed E-state index contributed by atoms with van der Waals surface area (Å²) in [6.07, 6.45) is 0. The van der Waals surface area contributed by atoms with Gasteiger partial charge < -0.3 is 4.42 Å². The van der Waals surface area contributed by atoms with Crippen molar-refractivity contribution in [1.82, 2.24) is 20.2 Å². The zero-order chi connectivity index (χ0) is 22.1. The van der Waals surface area contributed by atoms with E-state index in [1.165, 1.54) is 34.4 Å². The lowest BCUT2D eigenvalue weighted by atomic mass is 10.1. The molecule has 0 bridgehead atoms. The molecule has 1 aromatic carbocycles. The average Bonchev–Trinajstić information content (AvgIpc) is 3.42. The molecule has 31 heavy (non-hydrogen) atoms. The Bertz CT molecular complexity index is 1240. The number of aryl methyl sites for hydroxylation is 4.